The van der Waals surface area contributed by atoms with Gasteiger partial charge in [0.2, 0.25) is 0 Å². The van der Waals surface area contributed by atoms with E-state index >= 15 is 0 Å². The van der Waals surface area contributed by atoms with Crippen molar-refractivity contribution in [1.82, 2.24) is 4.90 Å². The maximum atomic E-state index is 12.3. The summed E-state index contributed by atoms with van der Waals surface area (Å²) in [6.45, 7) is 18.0. The lowest BCUT2D eigenvalue weighted by Crippen LogP contribution is -2.63. The molecule has 6 heteroatoms. The van der Waals surface area contributed by atoms with Crippen LogP contribution in [0.5, 0.6) is 0 Å². The number of hydrogen-bond acceptors (Lipinski definition) is 6. The maximum Gasteiger partial charge on any atom is 0.306 e. The minimum Gasteiger partial charge on any atom is -0.464 e. The molecule has 1 fully saturated rings. The maximum absolute atomic E-state index is 12.3. The normalized spacial score (nSPS) is 21.1. The molecule has 1 aliphatic heterocycles. The molecule has 0 aromatic rings. The number of esters is 1. The van der Waals surface area contributed by atoms with Gasteiger partial charge < -0.3 is 14.2 Å². The predicted octanol–water partition coefficient (Wildman–Crippen LogP) is 4.92. The summed E-state index contributed by atoms with van der Waals surface area (Å²) in [6.07, 6.45) is 5.38. The van der Waals surface area contributed by atoms with E-state index in [4.69, 9.17) is 14.2 Å². The first kappa shape index (κ1) is 28.1. The fourth-order valence-electron chi connectivity index (χ4n) is 4.94. The third-order valence-corrected chi connectivity index (χ3v) is 7.06. The number of Topliss-reactive ketones (excluding diaryl/α,β-unsaturated/α-hetero) is 1. The van der Waals surface area contributed by atoms with E-state index in [1.54, 1.807) is 6.92 Å². The Morgan fingerprint density at radius 2 is 1.58 bits per heavy atom. The minimum atomic E-state index is -0.824. The molecule has 0 radical (unpaired) electrons. The number of rotatable bonds is 13. The molecular weight excluding hydrogens is 394 g/mol. The second kappa shape index (κ2) is 11.8. The molecular formula is C25H47NO5. The van der Waals surface area contributed by atoms with E-state index in [-0.39, 0.29) is 41.8 Å². The van der Waals surface area contributed by atoms with Crippen LogP contribution in [0.25, 0.3) is 0 Å². The van der Waals surface area contributed by atoms with Gasteiger partial charge in [0, 0.05) is 31.2 Å². The average Bonchev–Trinajstić information content (AvgIpc) is 2.70. The third-order valence-electron chi connectivity index (χ3n) is 7.06. The van der Waals surface area contributed by atoms with Gasteiger partial charge in [0.05, 0.1) is 18.6 Å². The summed E-state index contributed by atoms with van der Waals surface area (Å²) in [5.74, 6) is -0.387. The number of ether oxygens (including phenoxy) is 3. The number of piperidine rings is 1. The van der Waals surface area contributed by atoms with Gasteiger partial charge in [-0.3, -0.25) is 14.5 Å². The molecule has 182 valence electrons. The zero-order valence-electron chi connectivity index (χ0n) is 21.5. The SMILES string of the molecule is CCC(CC)OC1CC(C)(C)N(CCOC(=O)CCC(=O)C(C)(CC)OC)C(C)(C)C1. The Hall–Kier alpha value is -0.980. The van der Waals surface area contributed by atoms with Crippen molar-refractivity contribution in [2.24, 2.45) is 0 Å². The fraction of sp³-hybridized carbons (Fsp3) is 0.920. The van der Waals surface area contributed by atoms with Crippen LogP contribution in [0.15, 0.2) is 0 Å². The number of nitrogens with zero attached hydrogens (tertiary/aromatic N) is 1. The first-order chi connectivity index (χ1) is 14.3. The number of methoxy groups -OCH3 is 1. The molecule has 1 saturated heterocycles. The molecule has 0 spiro atoms. The molecule has 1 unspecified atom stereocenters. The van der Waals surface area contributed by atoms with Gasteiger partial charge in [-0.05, 0) is 66.7 Å². The molecule has 1 atom stereocenters. The Kier molecular flexibility index (Phi) is 10.6. The van der Waals surface area contributed by atoms with Crippen LogP contribution in [0.3, 0.4) is 0 Å². The molecule has 0 saturated carbocycles. The van der Waals surface area contributed by atoms with E-state index in [2.05, 4.69) is 46.4 Å². The zero-order valence-corrected chi connectivity index (χ0v) is 21.5. The van der Waals surface area contributed by atoms with Gasteiger partial charge >= 0.3 is 5.97 Å². The Bertz CT molecular complexity index is 560. The quantitative estimate of drug-likeness (QED) is 0.378. The number of ketones is 1. The molecule has 0 aromatic heterocycles. The summed E-state index contributed by atoms with van der Waals surface area (Å²) in [6, 6.07) is 0. The van der Waals surface area contributed by atoms with E-state index < -0.39 is 5.60 Å². The summed E-state index contributed by atoms with van der Waals surface area (Å²) in [7, 11) is 1.53. The van der Waals surface area contributed by atoms with E-state index in [0.29, 0.717) is 25.7 Å². The van der Waals surface area contributed by atoms with Crippen molar-refractivity contribution in [2.45, 2.75) is 129 Å². The topological polar surface area (TPSA) is 65.1 Å². The Morgan fingerprint density at radius 1 is 1.03 bits per heavy atom. The minimum absolute atomic E-state index is 0.0533. The molecule has 31 heavy (non-hydrogen) atoms. The zero-order chi connectivity index (χ0) is 23.9. The van der Waals surface area contributed by atoms with Crippen molar-refractivity contribution in [3.8, 4) is 0 Å². The first-order valence-electron chi connectivity index (χ1n) is 12.0. The molecule has 0 N–H and O–H groups in total. The van der Waals surface area contributed by atoms with Gasteiger partial charge in [-0.15, -0.1) is 0 Å². The van der Waals surface area contributed by atoms with Gasteiger partial charge in [0.1, 0.15) is 12.2 Å². The lowest BCUT2D eigenvalue weighted by Gasteiger charge is -2.55. The first-order valence-corrected chi connectivity index (χ1v) is 12.0. The highest BCUT2D eigenvalue weighted by Gasteiger charge is 2.45. The summed E-state index contributed by atoms with van der Waals surface area (Å²) in [5, 5.41) is 0. The van der Waals surface area contributed by atoms with Gasteiger partial charge in [-0.25, -0.2) is 0 Å². The van der Waals surface area contributed by atoms with Crippen LogP contribution < -0.4 is 0 Å². The Morgan fingerprint density at radius 3 is 2.03 bits per heavy atom. The van der Waals surface area contributed by atoms with Crippen LogP contribution in [0, 0.1) is 0 Å². The van der Waals surface area contributed by atoms with Crippen molar-refractivity contribution in [3.05, 3.63) is 0 Å². The Labute approximate surface area is 190 Å². The van der Waals surface area contributed by atoms with Crippen LogP contribution in [-0.2, 0) is 23.8 Å². The second-order valence-corrected chi connectivity index (χ2v) is 10.3. The van der Waals surface area contributed by atoms with E-state index in [1.165, 1.54) is 7.11 Å². The van der Waals surface area contributed by atoms with Gasteiger partial charge in [0.25, 0.3) is 0 Å². The fourth-order valence-corrected chi connectivity index (χ4v) is 4.94. The van der Waals surface area contributed by atoms with Crippen molar-refractivity contribution >= 4 is 11.8 Å². The molecule has 6 nitrogen and oxygen atoms in total. The van der Waals surface area contributed by atoms with Crippen LogP contribution in [-0.4, -0.2) is 65.8 Å². The van der Waals surface area contributed by atoms with E-state index in [1.807, 2.05) is 6.92 Å². The van der Waals surface area contributed by atoms with Crippen molar-refractivity contribution in [1.29, 1.82) is 0 Å². The second-order valence-electron chi connectivity index (χ2n) is 10.3. The average molecular weight is 442 g/mol. The van der Waals surface area contributed by atoms with E-state index in [0.717, 1.165) is 25.7 Å². The highest BCUT2D eigenvalue weighted by atomic mass is 16.5. The smallest absolute Gasteiger partial charge is 0.306 e. The number of carbonyl (C=O) groups is 2. The van der Waals surface area contributed by atoms with Crippen LogP contribution in [0.1, 0.15) is 100 Å². The summed E-state index contributed by atoms with van der Waals surface area (Å²) in [5.41, 5.74) is -0.931. The van der Waals surface area contributed by atoms with Crippen molar-refractivity contribution < 1.29 is 23.8 Å². The lowest BCUT2D eigenvalue weighted by molar-refractivity contribution is -0.152. The molecule has 0 aliphatic carbocycles. The summed E-state index contributed by atoms with van der Waals surface area (Å²) < 4.78 is 17.2. The highest BCUT2D eigenvalue weighted by molar-refractivity contribution is 5.89. The van der Waals surface area contributed by atoms with Crippen LogP contribution >= 0.6 is 0 Å². The van der Waals surface area contributed by atoms with Crippen LogP contribution in [0.4, 0.5) is 0 Å². The summed E-state index contributed by atoms with van der Waals surface area (Å²) >= 11 is 0. The summed E-state index contributed by atoms with van der Waals surface area (Å²) in [4.78, 5) is 27.0. The van der Waals surface area contributed by atoms with Gasteiger partial charge in [-0.1, -0.05) is 20.8 Å². The molecule has 0 aromatic carbocycles. The monoisotopic (exact) mass is 441 g/mol. The number of hydrogen-bond donors (Lipinski definition) is 0. The molecule has 0 bridgehead atoms. The molecule has 0 amide bonds. The van der Waals surface area contributed by atoms with Gasteiger partial charge in [-0.2, -0.15) is 0 Å². The molecule has 1 rings (SSSR count). The largest absolute Gasteiger partial charge is 0.464 e. The standard InChI is InChI=1S/C25H47NO5/c1-10-19(11-2)31-20-17-23(4,5)26(24(6,7)18-20)15-16-30-22(28)14-13-21(27)25(8,12-3)29-9/h19-20H,10-18H2,1-9H3. The highest BCUT2D eigenvalue weighted by Crippen LogP contribution is 2.40. The molecule has 1 heterocycles. The number of likely N-dealkylation sites (tertiary alicyclic amines) is 1. The van der Waals surface area contributed by atoms with Crippen molar-refractivity contribution in [3.63, 3.8) is 0 Å². The third kappa shape index (κ3) is 7.83. The predicted molar refractivity (Wildman–Crippen MR) is 124 cm³/mol. The molecule has 1 aliphatic rings. The van der Waals surface area contributed by atoms with Crippen molar-refractivity contribution in [2.75, 3.05) is 20.3 Å². The van der Waals surface area contributed by atoms with Gasteiger partial charge in [0.15, 0.2) is 5.78 Å². The number of carbonyl (C=O) groups excluding carboxylic acids is 2. The lowest BCUT2D eigenvalue weighted by atomic mass is 9.78. The van der Waals surface area contributed by atoms with E-state index in [9.17, 15) is 9.59 Å². The Balaban J connectivity index is 2.57. The van der Waals surface area contributed by atoms with Crippen LogP contribution in [0.2, 0.25) is 0 Å².